The number of aromatic hydroxyl groups is 1. The summed E-state index contributed by atoms with van der Waals surface area (Å²) < 4.78 is 64.8. The molecule has 208 valence electrons. The van der Waals surface area contributed by atoms with Crippen LogP contribution in [-0.2, 0) is 24.3 Å². The Morgan fingerprint density at radius 1 is 1.05 bits per heavy atom. The molecule has 1 heterocycles. The normalized spacial score (nSPS) is 11.7. The van der Waals surface area contributed by atoms with Gasteiger partial charge in [0.2, 0.25) is 11.9 Å². The number of fused-ring (bicyclic) bond motifs is 1. The molecule has 0 saturated heterocycles. The number of benzene rings is 3. The maximum absolute atomic E-state index is 13.4. The molecule has 0 bridgehead atoms. The van der Waals surface area contributed by atoms with E-state index in [1.165, 1.54) is 31.2 Å². The number of azo groups is 1. The minimum atomic E-state index is -4.83. The van der Waals surface area contributed by atoms with E-state index < -0.39 is 38.5 Å². The molecule has 0 fully saturated rings. The van der Waals surface area contributed by atoms with Crippen molar-refractivity contribution in [1.29, 1.82) is 0 Å². The molecule has 0 aliphatic carbocycles. The predicted molar refractivity (Wildman–Crippen MR) is 136 cm³/mol. The minimum Gasteiger partial charge on any atom is -0.505 e. The molecule has 0 unspecified atom stereocenters. The van der Waals surface area contributed by atoms with Crippen molar-refractivity contribution in [2.45, 2.75) is 16.7 Å². The van der Waals surface area contributed by atoms with E-state index in [2.05, 4.69) is 40.2 Å². The van der Waals surface area contributed by atoms with Crippen LogP contribution in [0.4, 0.5) is 37.3 Å². The third kappa shape index (κ3) is 6.81. The Morgan fingerprint density at radius 3 is 2.48 bits per heavy atom. The Hall–Kier alpha value is -4.33. The van der Waals surface area contributed by atoms with Crippen LogP contribution in [0, 0.1) is 12.0 Å². The number of nitrogens with zero attached hydrogens (tertiary/aromatic N) is 4. The highest BCUT2D eigenvalue weighted by Crippen LogP contribution is 2.45. The summed E-state index contributed by atoms with van der Waals surface area (Å²) in [5.74, 6) is -2.26. The Balaban J connectivity index is 1.80. The lowest BCUT2D eigenvalue weighted by atomic mass is 10.1. The van der Waals surface area contributed by atoms with E-state index in [1.54, 1.807) is 0 Å². The fourth-order valence-electron chi connectivity index (χ4n) is 3.44. The number of halogens is 2. The first kappa shape index (κ1) is 28.7. The second-order valence-electron chi connectivity index (χ2n) is 7.74. The molecule has 4 aromatic rings. The van der Waals surface area contributed by atoms with Gasteiger partial charge in [0.1, 0.15) is 22.1 Å². The standard InChI is InChI=1S/C22H16F2N6O8S2/c1-10(31)25-12-2-4-14-11(6-12)7-16(39-38-37-33)20(21(14)32)30-29-15-8-13(3-5-17(15)40(34,35)36)26-19-9-18(23)27-22(24)28-19/h2-9,32-33H,1H3,(H,25,31)(H,26,27,28)(H,34,35,36). The number of nitrogens with one attached hydrogen (secondary N) is 2. The zero-order valence-corrected chi connectivity index (χ0v) is 21.5. The van der Waals surface area contributed by atoms with Gasteiger partial charge in [-0.1, -0.05) is 5.04 Å². The number of hydrogen-bond acceptors (Lipinski definition) is 13. The maximum atomic E-state index is 13.4. The lowest BCUT2D eigenvalue weighted by Gasteiger charge is -2.11. The lowest BCUT2D eigenvalue weighted by Crippen LogP contribution is -2.05. The molecule has 18 heteroatoms. The molecule has 0 spiro atoms. The Bertz CT molecular complexity index is 1740. The molecule has 5 N–H and O–H groups in total. The number of hydrogen-bond donors (Lipinski definition) is 5. The van der Waals surface area contributed by atoms with Gasteiger partial charge in [-0.15, -0.1) is 14.6 Å². The van der Waals surface area contributed by atoms with Crippen molar-refractivity contribution in [1.82, 2.24) is 9.97 Å². The summed E-state index contributed by atoms with van der Waals surface area (Å²) in [5, 5.41) is 36.7. The number of phenols is 1. The van der Waals surface area contributed by atoms with Gasteiger partial charge in [0, 0.05) is 29.8 Å². The van der Waals surface area contributed by atoms with Gasteiger partial charge >= 0.3 is 6.08 Å². The summed E-state index contributed by atoms with van der Waals surface area (Å²) in [7, 11) is -4.83. The zero-order valence-electron chi connectivity index (χ0n) is 19.9. The van der Waals surface area contributed by atoms with E-state index in [0.29, 0.717) is 23.1 Å². The molecule has 1 amide bonds. The number of rotatable bonds is 9. The first-order valence-electron chi connectivity index (χ1n) is 10.7. The summed E-state index contributed by atoms with van der Waals surface area (Å²) in [5.41, 5.74) is -0.256. The van der Waals surface area contributed by atoms with Gasteiger partial charge in [0.15, 0.2) is 5.75 Å². The monoisotopic (exact) mass is 594 g/mol. The number of phenolic OH excluding ortho intramolecular Hbond substituents is 1. The first-order chi connectivity index (χ1) is 18.9. The predicted octanol–water partition coefficient (Wildman–Crippen LogP) is 5.41. The van der Waals surface area contributed by atoms with Crippen LogP contribution in [0.1, 0.15) is 6.92 Å². The average molecular weight is 595 g/mol. The van der Waals surface area contributed by atoms with Gasteiger partial charge in [-0.05, 0) is 47.9 Å². The molecule has 40 heavy (non-hydrogen) atoms. The molecule has 0 saturated carbocycles. The fraction of sp³-hybridized carbons (Fsp3) is 0.0455. The number of carbonyl (C=O) groups is 1. The molecule has 0 aliphatic heterocycles. The van der Waals surface area contributed by atoms with Gasteiger partial charge in [-0.25, -0.2) is 5.26 Å². The van der Waals surface area contributed by atoms with E-state index in [-0.39, 0.29) is 33.4 Å². The van der Waals surface area contributed by atoms with Crippen molar-refractivity contribution in [3.8, 4) is 5.75 Å². The van der Waals surface area contributed by atoms with Crippen molar-refractivity contribution in [2.24, 2.45) is 10.2 Å². The minimum absolute atomic E-state index is 0.0254. The molecule has 1 aromatic heterocycles. The van der Waals surface area contributed by atoms with Crippen molar-refractivity contribution < 1.29 is 46.3 Å². The van der Waals surface area contributed by atoms with Crippen LogP contribution < -0.4 is 10.6 Å². The van der Waals surface area contributed by atoms with E-state index in [1.807, 2.05) is 0 Å². The quantitative estimate of drug-likeness (QED) is 0.0314. The van der Waals surface area contributed by atoms with E-state index in [9.17, 15) is 31.7 Å². The molecule has 4 rings (SSSR count). The van der Waals surface area contributed by atoms with E-state index in [4.69, 9.17) is 5.26 Å². The summed E-state index contributed by atoms with van der Waals surface area (Å²) in [6.45, 7) is 1.31. The third-order valence-corrected chi connectivity index (χ3v) is 6.48. The highest BCUT2D eigenvalue weighted by molar-refractivity contribution is 7.94. The molecule has 0 atom stereocenters. The molecule has 0 radical (unpaired) electrons. The fourth-order valence-corrected chi connectivity index (χ4v) is 4.54. The second kappa shape index (κ2) is 11.8. The maximum Gasteiger partial charge on any atom is 0.313 e. The topological polar surface area (TPSA) is 205 Å². The zero-order chi connectivity index (χ0) is 29.0. The third-order valence-electron chi connectivity index (χ3n) is 4.96. The van der Waals surface area contributed by atoms with Crippen LogP contribution in [-0.4, -0.2) is 39.2 Å². The summed E-state index contributed by atoms with van der Waals surface area (Å²) in [6.07, 6.45) is -1.35. The highest BCUT2D eigenvalue weighted by atomic mass is 32.2. The van der Waals surface area contributed by atoms with Crippen molar-refractivity contribution >= 4 is 67.4 Å². The van der Waals surface area contributed by atoms with Crippen LogP contribution >= 0.6 is 12.0 Å². The summed E-state index contributed by atoms with van der Waals surface area (Å²) >= 11 is 0.410. The number of aromatic nitrogens is 2. The van der Waals surface area contributed by atoms with Gasteiger partial charge in [0.25, 0.3) is 10.1 Å². The molecular formula is C22H16F2N6O8S2. The van der Waals surface area contributed by atoms with Gasteiger partial charge < -0.3 is 15.7 Å². The smallest absolute Gasteiger partial charge is 0.313 e. The number of carbonyl (C=O) groups excluding carboxylic acids is 1. The lowest BCUT2D eigenvalue weighted by molar-refractivity contribution is -0.432. The van der Waals surface area contributed by atoms with Crippen LogP contribution in [0.3, 0.4) is 0 Å². The Labute approximate surface area is 227 Å². The van der Waals surface area contributed by atoms with E-state index in [0.717, 1.165) is 24.3 Å². The first-order valence-corrected chi connectivity index (χ1v) is 12.8. The summed E-state index contributed by atoms with van der Waals surface area (Å²) in [6, 6.07) is 9.91. The molecule has 14 nitrogen and oxygen atoms in total. The average Bonchev–Trinajstić information content (AvgIpc) is 2.85. The largest absolute Gasteiger partial charge is 0.505 e. The van der Waals surface area contributed by atoms with Crippen molar-refractivity contribution in [3.63, 3.8) is 0 Å². The summed E-state index contributed by atoms with van der Waals surface area (Å²) in [4.78, 5) is 17.0. The molecule has 3 aromatic carbocycles. The number of anilines is 3. The van der Waals surface area contributed by atoms with Crippen LogP contribution in [0.2, 0.25) is 0 Å². The van der Waals surface area contributed by atoms with E-state index >= 15 is 0 Å². The van der Waals surface area contributed by atoms with Crippen LogP contribution in [0.5, 0.6) is 5.75 Å². The molecule has 0 aliphatic rings. The Morgan fingerprint density at radius 2 is 1.80 bits per heavy atom. The van der Waals surface area contributed by atoms with Crippen molar-refractivity contribution in [3.05, 3.63) is 60.6 Å². The van der Waals surface area contributed by atoms with Gasteiger partial charge in [-0.3, -0.25) is 9.35 Å². The van der Waals surface area contributed by atoms with Crippen LogP contribution in [0.25, 0.3) is 10.8 Å². The van der Waals surface area contributed by atoms with Crippen LogP contribution in [0.15, 0.2) is 68.6 Å². The van der Waals surface area contributed by atoms with Gasteiger partial charge in [0.05, 0.1) is 16.9 Å². The van der Waals surface area contributed by atoms with Crippen molar-refractivity contribution in [2.75, 3.05) is 10.6 Å². The van der Waals surface area contributed by atoms with Gasteiger partial charge in [-0.2, -0.15) is 27.2 Å². The highest BCUT2D eigenvalue weighted by Gasteiger charge is 2.19. The SMILES string of the molecule is CC(=O)Nc1ccc2c(O)c(N=Nc3cc(Nc4cc(F)nc(F)n4)ccc3S(=O)(=O)O)c(SOOO)cc2c1. The number of amides is 1. The Kier molecular flexibility index (Phi) is 8.47. The second-order valence-corrected chi connectivity index (χ2v) is 9.87. The molecular weight excluding hydrogens is 578 g/mol.